The molecule has 2 atom stereocenters. The van der Waals surface area contributed by atoms with Crippen LogP contribution in [0, 0.1) is 0 Å². The zero-order valence-electron chi connectivity index (χ0n) is 10.8. The lowest BCUT2D eigenvalue weighted by atomic mass is 10.2. The second-order valence-electron chi connectivity index (χ2n) is 4.64. The number of ether oxygens (including phenoxy) is 1. The van der Waals surface area contributed by atoms with Gasteiger partial charge in [0.05, 0.1) is 6.10 Å². The van der Waals surface area contributed by atoms with Gasteiger partial charge in [0.1, 0.15) is 6.04 Å². The summed E-state index contributed by atoms with van der Waals surface area (Å²) in [6.07, 6.45) is 2.12. The van der Waals surface area contributed by atoms with Gasteiger partial charge in [0.2, 0.25) is 0 Å². The van der Waals surface area contributed by atoms with Crippen molar-refractivity contribution in [2.45, 2.75) is 38.8 Å². The average molecular weight is 244 g/mol. The number of hydrogen-bond acceptors (Lipinski definition) is 4. The molecule has 1 aliphatic rings. The van der Waals surface area contributed by atoms with Crippen molar-refractivity contribution in [1.82, 2.24) is 10.2 Å². The van der Waals surface area contributed by atoms with Crippen LogP contribution in [-0.4, -0.2) is 60.9 Å². The molecule has 1 fully saturated rings. The Balaban J connectivity index is 2.43. The highest BCUT2D eigenvalue weighted by Gasteiger charge is 2.22. The van der Waals surface area contributed by atoms with Gasteiger partial charge in [-0.05, 0) is 26.3 Å². The van der Waals surface area contributed by atoms with Crippen molar-refractivity contribution >= 4 is 5.97 Å². The molecule has 2 N–H and O–H groups in total. The molecule has 1 heterocycles. The zero-order valence-corrected chi connectivity index (χ0v) is 10.8. The predicted molar refractivity (Wildman–Crippen MR) is 66.2 cm³/mol. The Hall–Kier alpha value is -0.650. The van der Waals surface area contributed by atoms with Crippen LogP contribution in [0.15, 0.2) is 0 Å². The van der Waals surface area contributed by atoms with Gasteiger partial charge in [-0.2, -0.15) is 0 Å². The van der Waals surface area contributed by atoms with Crippen LogP contribution in [0.2, 0.25) is 0 Å². The van der Waals surface area contributed by atoms with Crippen molar-refractivity contribution in [2.24, 2.45) is 0 Å². The van der Waals surface area contributed by atoms with E-state index < -0.39 is 12.0 Å². The third kappa shape index (κ3) is 5.48. The molecule has 0 spiro atoms. The fraction of sp³-hybridized carbons (Fsp3) is 0.917. The molecular weight excluding hydrogens is 220 g/mol. The molecular formula is C12H24N2O3. The summed E-state index contributed by atoms with van der Waals surface area (Å²) in [7, 11) is 0. The summed E-state index contributed by atoms with van der Waals surface area (Å²) in [6, 6.07) is -0.472. The van der Waals surface area contributed by atoms with E-state index in [-0.39, 0.29) is 6.10 Å². The summed E-state index contributed by atoms with van der Waals surface area (Å²) >= 11 is 0. The van der Waals surface area contributed by atoms with Crippen LogP contribution < -0.4 is 5.32 Å². The van der Waals surface area contributed by atoms with Gasteiger partial charge in [0, 0.05) is 26.2 Å². The maximum absolute atomic E-state index is 11.1. The number of carbonyl (C=O) groups is 1. The summed E-state index contributed by atoms with van der Waals surface area (Å²) in [5.74, 6) is -0.767. The molecule has 1 saturated heterocycles. The molecule has 0 aliphatic carbocycles. The topological polar surface area (TPSA) is 61.8 Å². The average Bonchev–Trinajstić information content (AvgIpc) is 2.48. The SMILES string of the molecule is CCCNC(CN1CCCOC(C)C1)C(=O)O. The third-order valence-corrected chi connectivity index (χ3v) is 2.92. The second kappa shape index (κ2) is 7.63. The summed E-state index contributed by atoms with van der Waals surface area (Å²) in [6.45, 7) is 7.89. The first kappa shape index (κ1) is 14.4. The van der Waals surface area contributed by atoms with Crippen LogP contribution in [-0.2, 0) is 9.53 Å². The molecule has 17 heavy (non-hydrogen) atoms. The van der Waals surface area contributed by atoms with E-state index in [9.17, 15) is 4.79 Å². The molecule has 2 unspecified atom stereocenters. The van der Waals surface area contributed by atoms with Gasteiger partial charge >= 0.3 is 5.97 Å². The maximum Gasteiger partial charge on any atom is 0.322 e. The standard InChI is InChI=1S/C12H24N2O3/c1-3-5-13-11(12(15)16)9-14-6-4-7-17-10(2)8-14/h10-11,13H,3-9H2,1-2H3,(H,15,16). The van der Waals surface area contributed by atoms with E-state index in [4.69, 9.17) is 9.84 Å². The Morgan fingerprint density at radius 3 is 3.06 bits per heavy atom. The molecule has 5 heteroatoms. The molecule has 0 saturated carbocycles. The number of nitrogens with zero attached hydrogens (tertiary/aromatic N) is 1. The van der Waals surface area contributed by atoms with Crippen molar-refractivity contribution in [3.63, 3.8) is 0 Å². The quantitative estimate of drug-likeness (QED) is 0.714. The first-order valence-electron chi connectivity index (χ1n) is 6.43. The van der Waals surface area contributed by atoms with Crippen molar-refractivity contribution in [3.8, 4) is 0 Å². The molecule has 1 aliphatic heterocycles. The van der Waals surface area contributed by atoms with E-state index in [0.29, 0.717) is 6.54 Å². The van der Waals surface area contributed by atoms with Crippen molar-refractivity contribution in [3.05, 3.63) is 0 Å². The lowest BCUT2D eigenvalue weighted by Crippen LogP contribution is -2.47. The van der Waals surface area contributed by atoms with Gasteiger partial charge in [0.15, 0.2) is 0 Å². The van der Waals surface area contributed by atoms with Crippen LogP contribution in [0.3, 0.4) is 0 Å². The normalized spacial score (nSPS) is 24.2. The Kier molecular flexibility index (Phi) is 6.47. The van der Waals surface area contributed by atoms with Crippen LogP contribution in [0.4, 0.5) is 0 Å². The first-order chi connectivity index (χ1) is 8.13. The monoisotopic (exact) mass is 244 g/mol. The third-order valence-electron chi connectivity index (χ3n) is 2.92. The number of hydrogen-bond donors (Lipinski definition) is 2. The Morgan fingerprint density at radius 2 is 2.41 bits per heavy atom. The highest BCUT2D eigenvalue weighted by molar-refractivity contribution is 5.73. The summed E-state index contributed by atoms with van der Waals surface area (Å²) < 4.78 is 5.55. The number of carboxylic acids is 1. The van der Waals surface area contributed by atoms with E-state index in [0.717, 1.165) is 39.1 Å². The zero-order chi connectivity index (χ0) is 12.7. The van der Waals surface area contributed by atoms with E-state index >= 15 is 0 Å². The molecule has 0 amide bonds. The minimum absolute atomic E-state index is 0.193. The second-order valence-corrected chi connectivity index (χ2v) is 4.64. The fourth-order valence-electron chi connectivity index (χ4n) is 2.05. The fourth-order valence-corrected chi connectivity index (χ4v) is 2.05. The van der Waals surface area contributed by atoms with E-state index in [2.05, 4.69) is 10.2 Å². The molecule has 0 aromatic carbocycles. The van der Waals surface area contributed by atoms with Crippen LogP contribution in [0.25, 0.3) is 0 Å². The van der Waals surface area contributed by atoms with Gasteiger partial charge in [-0.15, -0.1) is 0 Å². The van der Waals surface area contributed by atoms with Gasteiger partial charge in [-0.3, -0.25) is 9.69 Å². The molecule has 1 rings (SSSR count). The summed E-state index contributed by atoms with van der Waals surface area (Å²) in [5, 5.41) is 12.2. The molecule has 0 bridgehead atoms. The first-order valence-corrected chi connectivity index (χ1v) is 6.43. The van der Waals surface area contributed by atoms with E-state index in [1.165, 1.54) is 0 Å². The Bertz CT molecular complexity index is 236. The number of nitrogens with one attached hydrogen (secondary N) is 1. The Labute approximate surface area is 103 Å². The van der Waals surface area contributed by atoms with Crippen LogP contribution in [0.1, 0.15) is 26.7 Å². The molecule has 100 valence electrons. The maximum atomic E-state index is 11.1. The van der Waals surface area contributed by atoms with Crippen molar-refractivity contribution < 1.29 is 14.6 Å². The largest absolute Gasteiger partial charge is 0.480 e. The molecule has 0 radical (unpaired) electrons. The van der Waals surface area contributed by atoms with Gasteiger partial charge in [-0.25, -0.2) is 0 Å². The smallest absolute Gasteiger partial charge is 0.322 e. The minimum atomic E-state index is -0.767. The summed E-state index contributed by atoms with van der Waals surface area (Å²) in [4.78, 5) is 13.3. The molecule has 0 aromatic heterocycles. The number of aliphatic carboxylic acids is 1. The lowest BCUT2D eigenvalue weighted by Gasteiger charge is -2.25. The molecule has 0 aromatic rings. The van der Waals surface area contributed by atoms with Crippen molar-refractivity contribution in [2.75, 3.05) is 32.8 Å². The molecule has 5 nitrogen and oxygen atoms in total. The predicted octanol–water partition coefficient (Wildman–Crippen LogP) is 0.550. The Morgan fingerprint density at radius 1 is 1.65 bits per heavy atom. The van der Waals surface area contributed by atoms with Gasteiger partial charge in [0.25, 0.3) is 0 Å². The van der Waals surface area contributed by atoms with Crippen LogP contribution in [0.5, 0.6) is 0 Å². The van der Waals surface area contributed by atoms with Gasteiger partial charge in [-0.1, -0.05) is 6.92 Å². The lowest BCUT2D eigenvalue weighted by molar-refractivity contribution is -0.140. The number of carboxylic acid groups (broad SMARTS) is 1. The highest BCUT2D eigenvalue weighted by Crippen LogP contribution is 2.06. The van der Waals surface area contributed by atoms with Gasteiger partial charge < -0.3 is 15.2 Å². The highest BCUT2D eigenvalue weighted by atomic mass is 16.5. The van der Waals surface area contributed by atoms with E-state index in [1.54, 1.807) is 0 Å². The minimum Gasteiger partial charge on any atom is -0.480 e. The summed E-state index contributed by atoms with van der Waals surface area (Å²) in [5.41, 5.74) is 0. The van der Waals surface area contributed by atoms with Crippen LogP contribution >= 0.6 is 0 Å². The van der Waals surface area contributed by atoms with E-state index in [1.807, 2.05) is 13.8 Å². The number of rotatable bonds is 6. The van der Waals surface area contributed by atoms with Crippen molar-refractivity contribution in [1.29, 1.82) is 0 Å².